The fourth-order valence-electron chi connectivity index (χ4n) is 3.26. The SMILES string of the molecule is CCc1c(C(=O)N2CCCC(C)CC2)cnn1-c1ccc(OC)nn1. The Balaban J connectivity index is 1.87. The summed E-state index contributed by atoms with van der Waals surface area (Å²) in [6.07, 6.45) is 5.66. The number of aromatic nitrogens is 4. The van der Waals surface area contributed by atoms with Crippen molar-refractivity contribution in [3.05, 3.63) is 29.6 Å². The molecule has 0 aromatic carbocycles. The molecule has 3 heterocycles. The number of methoxy groups -OCH3 is 1. The molecule has 1 unspecified atom stereocenters. The van der Waals surface area contributed by atoms with E-state index >= 15 is 0 Å². The lowest BCUT2D eigenvalue weighted by atomic mass is 10.0. The molecule has 2 aromatic heterocycles. The van der Waals surface area contributed by atoms with E-state index in [9.17, 15) is 4.79 Å². The van der Waals surface area contributed by atoms with Crippen LogP contribution in [-0.4, -0.2) is 51.0 Å². The van der Waals surface area contributed by atoms with Crippen molar-refractivity contribution >= 4 is 5.91 Å². The monoisotopic (exact) mass is 343 g/mol. The van der Waals surface area contributed by atoms with E-state index in [1.54, 1.807) is 30.1 Å². The van der Waals surface area contributed by atoms with Gasteiger partial charge in [0.25, 0.3) is 5.91 Å². The maximum absolute atomic E-state index is 13.0. The Labute approximate surface area is 148 Å². The van der Waals surface area contributed by atoms with Crippen LogP contribution in [0, 0.1) is 5.92 Å². The fourth-order valence-corrected chi connectivity index (χ4v) is 3.26. The van der Waals surface area contributed by atoms with E-state index in [2.05, 4.69) is 22.2 Å². The zero-order chi connectivity index (χ0) is 17.8. The molecule has 2 aromatic rings. The van der Waals surface area contributed by atoms with Gasteiger partial charge in [0.15, 0.2) is 5.82 Å². The number of amides is 1. The molecule has 1 fully saturated rings. The predicted octanol–water partition coefficient (Wildman–Crippen LogP) is 2.50. The third-order valence-electron chi connectivity index (χ3n) is 4.79. The van der Waals surface area contributed by atoms with Crippen molar-refractivity contribution in [2.24, 2.45) is 5.92 Å². The van der Waals surface area contributed by atoms with Crippen molar-refractivity contribution in [3.8, 4) is 11.7 Å². The molecule has 7 nitrogen and oxygen atoms in total. The summed E-state index contributed by atoms with van der Waals surface area (Å²) in [6.45, 7) is 5.91. The quantitative estimate of drug-likeness (QED) is 0.853. The molecule has 1 aliphatic heterocycles. The summed E-state index contributed by atoms with van der Waals surface area (Å²) in [7, 11) is 1.55. The smallest absolute Gasteiger partial charge is 0.257 e. The van der Waals surface area contributed by atoms with Crippen LogP contribution >= 0.6 is 0 Å². The summed E-state index contributed by atoms with van der Waals surface area (Å²) < 4.78 is 6.74. The van der Waals surface area contributed by atoms with E-state index < -0.39 is 0 Å². The highest BCUT2D eigenvalue weighted by molar-refractivity contribution is 5.95. The highest BCUT2D eigenvalue weighted by atomic mass is 16.5. The lowest BCUT2D eigenvalue weighted by molar-refractivity contribution is 0.0759. The summed E-state index contributed by atoms with van der Waals surface area (Å²) >= 11 is 0. The first-order valence-corrected chi connectivity index (χ1v) is 8.88. The maximum Gasteiger partial charge on any atom is 0.257 e. The van der Waals surface area contributed by atoms with Crippen LogP contribution in [0.1, 0.15) is 49.2 Å². The van der Waals surface area contributed by atoms with E-state index in [0.29, 0.717) is 29.6 Å². The molecule has 7 heteroatoms. The number of carbonyl (C=O) groups excluding carboxylic acids is 1. The summed E-state index contributed by atoms with van der Waals surface area (Å²) in [5, 5.41) is 12.5. The van der Waals surface area contributed by atoms with Gasteiger partial charge in [-0.05, 0) is 37.7 Å². The molecule has 1 atom stereocenters. The zero-order valence-corrected chi connectivity index (χ0v) is 15.1. The fraction of sp³-hybridized carbons (Fsp3) is 0.556. The third kappa shape index (κ3) is 3.65. The van der Waals surface area contributed by atoms with Gasteiger partial charge >= 0.3 is 0 Å². The predicted molar refractivity (Wildman–Crippen MR) is 94.0 cm³/mol. The highest BCUT2D eigenvalue weighted by Crippen LogP contribution is 2.21. The standard InChI is InChI=1S/C18H25N5O2/c1-4-15-14(18(24)22-10-5-6-13(2)9-11-22)12-19-23(15)16-7-8-17(25-3)21-20-16/h7-8,12-13H,4-6,9-11H2,1-3H3. The molecule has 1 amide bonds. The van der Waals surface area contributed by atoms with Crippen molar-refractivity contribution in [1.29, 1.82) is 0 Å². The Morgan fingerprint density at radius 3 is 2.80 bits per heavy atom. The van der Waals surface area contributed by atoms with Crippen LogP contribution in [0.25, 0.3) is 5.82 Å². The van der Waals surface area contributed by atoms with Crippen LogP contribution in [0.5, 0.6) is 5.88 Å². The first-order chi connectivity index (χ1) is 12.1. The summed E-state index contributed by atoms with van der Waals surface area (Å²) in [6, 6.07) is 3.53. The van der Waals surface area contributed by atoms with Crippen LogP contribution in [0.2, 0.25) is 0 Å². The van der Waals surface area contributed by atoms with Gasteiger partial charge in [0.2, 0.25) is 5.88 Å². The summed E-state index contributed by atoms with van der Waals surface area (Å²) in [5.41, 5.74) is 1.52. The van der Waals surface area contributed by atoms with Gasteiger partial charge in [-0.2, -0.15) is 5.10 Å². The molecule has 0 bridgehead atoms. The lowest BCUT2D eigenvalue weighted by Crippen LogP contribution is -2.32. The molecule has 0 spiro atoms. The molecule has 3 rings (SSSR count). The van der Waals surface area contributed by atoms with Crippen LogP contribution in [0.15, 0.2) is 18.3 Å². The first-order valence-electron chi connectivity index (χ1n) is 8.88. The Morgan fingerprint density at radius 2 is 2.12 bits per heavy atom. The van der Waals surface area contributed by atoms with E-state index in [-0.39, 0.29) is 5.91 Å². The lowest BCUT2D eigenvalue weighted by Gasteiger charge is -2.20. The van der Waals surface area contributed by atoms with Gasteiger partial charge < -0.3 is 9.64 Å². The molecule has 0 aliphatic carbocycles. The third-order valence-corrected chi connectivity index (χ3v) is 4.79. The Bertz CT molecular complexity index is 726. The molecule has 134 valence electrons. The summed E-state index contributed by atoms with van der Waals surface area (Å²) in [4.78, 5) is 15.0. The van der Waals surface area contributed by atoms with Gasteiger partial charge in [0.05, 0.1) is 24.6 Å². The molecule has 0 saturated carbocycles. The summed E-state index contributed by atoms with van der Waals surface area (Å²) in [5.74, 6) is 1.78. The van der Waals surface area contributed by atoms with Crippen molar-refractivity contribution in [1.82, 2.24) is 24.9 Å². The second-order valence-electron chi connectivity index (χ2n) is 6.53. The van der Waals surface area contributed by atoms with Gasteiger partial charge in [-0.25, -0.2) is 4.68 Å². The van der Waals surface area contributed by atoms with E-state index in [0.717, 1.165) is 31.6 Å². The van der Waals surface area contributed by atoms with Crippen molar-refractivity contribution in [3.63, 3.8) is 0 Å². The number of hydrogen-bond acceptors (Lipinski definition) is 5. The average molecular weight is 343 g/mol. The van der Waals surface area contributed by atoms with Crippen LogP contribution in [0.4, 0.5) is 0 Å². The normalized spacial score (nSPS) is 18.0. The topological polar surface area (TPSA) is 73.1 Å². The van der Waals surface area contributed by atoms with Crippen LogP contribution in [-0.2, 0) is 6.42 Å². The van der Waals surface area contributed by atoms with Crippen LogP contribution in [0.3, 0.4) is 0 Å². The Kier molecular flexibility index (Phi) is 5.31. The zero-order valence-electron chi connectivity index (χ0n) is 15.1. The van der Waals surface area contributed by atoms with Crippen molar-refractivity contribution in [2.45, 2.75) is 39.5 Å². The van der Waals surface area contributed by atoms with E-state index in [1.807, 2.05) is 11.8 Å². The van der Waals surface area contributed by atoms with Crippen LogP contribution < -0.4 is 4.74 Å². The van der Waals surface area contributed by atoms with E-state index in [4.69, 9.17) is 4.74 Å². The minimum Gasteiger partial charge on any atom is -0.480 e. The second kappa shape index (κ2) is 7.63. The first kappa shape index (κ1) is 17.4. The van der Waals surface area contributed by atoms with Gasteiger partial charge in [-0.3, -0.25) is 4.79 Å². The molecular formula is C18H25N5O2. The van der Waals surface area contributed by atoms with Crippen molar-refractivity contribution in [2.75, 3.05) is 20.2 Å². The number of ether oxygens (including phenoxy) is 1. The van der Waals surface area contributed by atoms with Crippen molar-refractivity contribution < 1.29 is 9.53 Å². The Morgan fingerprint density at radius 1 is 1.28 bits per heavy atom. The van der Waals surface area contributed by atoms with Gasteiger partial charge in [-0.1, -0.05) is 13.8 Å². The molecular weight excluding hydrogens is 318 g/mol. The maximum atomic E-state index is 13.0. The molecule has 1 saturated heterocycles. The minimum atomic E-state index is 0.0682. The highest BCUT2D eigenvalue weighted by Gasteiger charge is 2.24. The van der Waals surface area contributed by atoms with Gasteiger partial charge in [-0.15, -0.1) is 10.2 Å². The largest absolute Gasteiger partial charge is 0.480 e. The molecule has 0 N–H and O–H groups in total. The number of nitrogens with zero attached hydrogens (tertiary/aromatic N) is 5. The number of rotatable bonds is 4. The molecule has 1 aliphatic rings. The van der Waals surface area contributed by atoms with Gasteiger partial charge in [0.1, 0.15) is 0 Å². The molecule has 25 heavy (non-hydrogen) atoms. The van der Waals surface area contributed by atoms with Gasteiger partial charge in [0, 0.05) is 19.2 Å². The number of carbonyl (C=O) groups is 1. The van der Waals surface area contributed by atoms with E-state index in [1.165, 1.54) is 6.42 Å². The average Bonchev–Trinajstić information content (AvgIpc) is 2.95. The molecule has 0 radical (unpaired) electrons. The minimum absolute atomic E-state index is 0.0682. The number of hydrogen-bond donors (Lipinski definition) is 0. The number of likely N-dealkylation sites (tertiary alicyclic amines) is 1. The Hall–Kier alpha value is -2.44. The second-order valence-corrected chi connectivity index (χ2v) is 6.53.